The molecule has 150 valence electrons. The molecular weight excluding hydrogens is 373 g/mol. The van der Waals surface area contributed by atoms with Crippen molar-refractivity contribution in [2.75, 3.05) is 31.5 Å². The molecule has 0 radical (unpaired) electrons. The van der Waals surface area contributed by atoms with Crippen molar-refractivity contribution in [3.05, 3.63) is 59.7 Å². The highest BCUT2D eigenvalue weighted by Crippen LogP contribution is 2.17. The average Bonchev–Trinajstić information content (AvgIpc) is 3.37. The summed E-state index contributed by atoms with van der Waals surface area (Å²) in [6, 6.07) is 9.00. The molecule has 0 spiro atoms. The fourth-order valence-electron chi connectivity index (χ4n) is 3.51. The van der Waals surface area contributed by atoms with Gasteiger partial charge in [0.25, 0.3) is 11.8 Å². The molecule has 0 atom stereocenters. The number of carbonyl (C=O) groups is 2. The van der Waals surface area contributed by atoms with Gasteiger partial charge >= 0.3 is 0 Å². The van der Waals surface area contributed by atoms with Crippen LogP contribution < -0.4 is 10.6 Å². The van der Waals surface area contributed by atoms with Gasteiger partial charge < -0.3 is 20.5 Å². The van der Waals surface area contributed by atoms with Crippen LogP contribution in [0, 0.1) is 5.82 Å². The quantitative estimate of drug-likeness (QED) is 0.599. The molecule has 0 aliphatic carbocycles. The summed E-state index contributed by atoms with van der Waals surface area (Å²) in [5.74, 6) is -1.39. The average molecular weight is 395 g/mol. The molecule has 1 fully saturated rings. The Morgan fingerprint density at radius 1 is 1.14 bits per heavy atom. The van der Waals surface area contributed by atoms with E-state index in [4.69, 9.17) is 0 Å². The van der Waals surface area contributed by atoms with Gasteiger partial charge in [0.2, 0.25) is 0 Å². The number of amides is 2. The monoisotopic (exact) mass is 395 g/mol. The zero-order valence-electron chi connectivity index (χ0n) is 15.9. The molecular formula is C21H22FN5O2. The van der Waals surface area contributed by atoms with Gasteiger partial charge in [-0.2, -0.15) is 0 Å². The number of benzene rings is 1. The number of nitrogens with one attached hydrogen (secondary N) is 3. The van der Waals surface area contributed by atoms with Gasteiger partial charge in [0.15, 0.2) is 0 Å². The number of rotatable bonds is 6. The molecule has 3 heterocycles. The first-order valence-corrected chi connectivity index (χ1v) is 9.65. The SMILES string of the molecule is O=C(NCCN1CCCC1)c1cc(F)cc(NC(=O)c2cc3ncccc3[nH]2)c1. The maximum absolute atomic E-state index is 14.0. The zero-order valence-corrected chi connectivity index (χ0v) is 15.9. The first-order valence-electron chi connectivity index (χ1n) is 9.65. The fourth-order valence-corrected chi connectivity index (χ4v) is 3.51. The van der Waals surface area contributed by atoms with Gasteiger partial charge in [0, 0.05) is 30.5 Å². The first kappa shape index (κ1) is 19.1. The number of H-pyrrole nitrogens is 1. The molecule has 7 nitrogen and oxygen atoms in total. The Hall–Kier alpha value is -3.26. The van der Waals surface area contributed by atoms with Crippen LogP contribution in [0.15, 0.2) is 42.6 Å². The van der Waals surface area contributed by atoms with Gasteiger partial charge in [0.05, 0.1) is 11.0 Å². The van der Waals surface area contributed by atoms with Gasteiger partial charge in [0.1, 0.15) is 11.5 Å². The number of pyridine rings is 1. The number of likely N-dealkylation sites (tertiary alicyclic amines) is 1. The minimum absolute atomic E-state index is 0.167. The van der Waals surface area contributed by atoms with Gasteiger partial charge in [-0.1, -0.05) is 0 Å². The molecule has 0 unspecified atom stereocenters. The summed E-state index contributed by atoms with van der Waals surface area (Å²) in [5.41, 5.74) is 2.08. The molecule has 2 amide bonds. The van der Waals surface area contributed by atoms with Crippen molar-refractivity contribution >= 4 is 28.5 Å². The Kier molecular flexibility index (Phi) is 5.53. The van der Waals surface area contributed by atoms with Crippen molar-refractivity contribution in [3.8, 4) is 0 Å². The highest BCUT2D eigenvalue weighted by atomic mass is 19.1. The van der Waals surface area contributed by atoms with E-state index in [0.717, 1.165) is 31.2 Å². The topological polar surface area (TPSA) is 90.1 Å². The number of aromatic nitrogens is 2. The molecule has 1 aromatic carbocycles. The summed E-state index contributed by atoms with van der Waals surface area (Å²) < 4.78 is 14.0. The number of aromatic amines is 1. The minimum Gasteiger partial charge on any atom is -0.351 e. The molecule has 1 saturated heterocycles. The van der Waals surface area contributed by atoms with Crippen molar-refractivity contribution in [3.63, 3.8) is 0 Å². The molecule has 3 aromatic rings. The third kappa shape index (κ3) is 4.60. The van der Waals surface area contributed by atoms with Crippen LogP contribution in [-0.4, -0.2) is 52.9 Å². The highest BCUT2D eigenvalue weighted by Gasteiger charge is 2.15. The third-order valence-electron chi connectivity index (χ3n) is 4.96. The molecule has 2 aromatic heterocycles. The summed E-state index contributed by atoms with van der Waals surface area (Å²) in [6.07, 6.45) is 4.01. The van der Waals surface area contributed by atoms with Crippen LogP contribution in [0.25, 0.3) is 11.0 Å². The summed E-state index contributed by atoms with van der Waals surface area (Å²) in [4.78, 5) is 34.3. The number of carbonyl (C=O) groups excluding carboxylic acids is 2. The van der Waals surface area contributed by atoms with Crippen molar-refractivity contribution in [2.24, 2.45) is 0 Å². The number of anilines is 1. The van der Waals surface area contributed by atoms with E-state index >= 15 is 0 Å². The van der Waals surface area contributed by atoms with Crippen LogP contribution in [0.1, 0.15) is 33.7 Å². The summed E-state index contributed by atoms with van der Waals surface area (Å²) in [5, 5.41) is 5.44. The number of nitrogens with zero attached hydrogens (tertiary/aromatic N) is 2. The number of hydrogen-bond acceptors (Lipinski definition) is 4. The number of fused-ring (bicyclic) bond motifs is 1. The van der Waals surface area contributed by atoms with Crippen molar-refractivity contribution in [1.82, 2.24) is 20.2 Å². The van der Waals surface area contributed by atoms with E-state index in [-0.39, 0.29) is 17.2 Å². The molecule has 1 aliphatic heterocycles. The standard InChI is InChI=1S/C21H22FN5O2/c22-15-10-14(20(28)24-6-9-27-7-1-2-8-27)11-16(12-15)25-21(29)19-13-18-17(26-19)4-3-5-23-18/h3-5,10-13,26H,1-2,6-9H2,(H,24,28)(H,25,29). The maximum atomic E-state index is 14.0. The number of hydrogen-bond donors (Lipinski definition) is 3. The van der Waals surface area contributed by atoms with Crippen molar-refractivity contribution < 1.29 is 14.0 Å². The normalized spacial score (nSPS) is 14.2. The van der Waals surface area contributed by atoms with E-state index in [0.29, 0.717) is 17.8 Å². The van der Waals surface area contributed by atoms with Crippen LogP contribution in [-0.2, 0) is 0 Å². The molecule has 3 N–H and O–H groups in total. The molecule has 8 heteroatoms. The summed E-state index contributed by atoms with van der Waals surface area (Å²) >= 11 is 0. The van der Waals surface area contributed by atoms with Gasteiger partial charge in [-0.3, -0.25) is 14.6 Å². The van der Waals surface area contributed by atoms with E-state index in [1.165, 1.54) is 25.0 Å². The molecule has 4 rings (SSSR count). The Bertz CT molecular complexity index is 1010. The van der Waals surface area contributed by atoms with E-state index in [2.05, 4.69) is 25.5 Å². The van der Waals surface area contributed by atoms with Crippen LogP contribution in [0.3, 0.4) is 0 Å². The second-order valence-electron chi connectivity index (χ2n) is 7.11. The lowest BCUT2D eigenvalue weighted by atomic mass is 10.1. The summed E-state index contributed by atoms with van der Waals surface area (Å²) in [7, 11) is 0. The lowest BCUT2D eigenvalue weighted by molar-refractivity contribution is 0.0948. The van der Waals surface area contributed by atoms with Crippen molar-refractivity contribution in [1.29, 1.82) is 0 Å². The van der Waals surface area contributed by atoms with E-state index in [1.54, 1.807) is 18.3 Å². The Morgan fingerprint density at radius 2 is 1.97 bits per heavy atom. The lowest BCUT2D eigenvalue weighted by Gasteiger charge is -2.15. The van der Waals surface area contributed by atoms with Crippen LogP contribution in [0.2, 0.25) is 0 Å². The zero-order chi connectivity index (χ0) is 20.2. The van der Waals surface area contributed by atoms with E-state index in [9.17, 15) is 14.0 Å². The predicted molar refractivity (Wildman–Crippen MR) is 108 cm³/mol. The Labute approximate surface area is 167 Å². The highest BCUT2D eigenvalue weighted by molar-refractivity contribution is 6.06. The minimum atomic E-state index is -0.592. The molecule has 0 saturated carbocycles. The largest absolute Gasteiger partial charge is 0.351 e. The Balaban J connectivity index is 1.41. The second kappa shape index (κ2) is 8.40. The maximum Gasteiger partial charge on any atom is 0.272 e. The third-order valence-corrected chi connectivity index (χ3v) is 4.96. The molecule has 1 aliphatic rings. The van der Waals surface area contributed by atoms with E-state index < -0.39 is 11.7 Å². The van der Waals surface area contributed by atoms with Gasteiger partial charge in [-0.05, 0) is 62.3 Å². The first-order chi connectivity index (χ1) is 14.1. The van der Waals surface area contributed by atoms with Gasteiger partial charge in [-0.25, -0.2) is 4.39 Å². The smallest absolute Gasteiger partial charge is 0.272 e. The van der Waals surface area contributed by atoms with Crippen LogP contribution in [0.4, 0.5) is 10.1 Å². The van der Waals surface area contributed by atoms with E-state index in [1.807, 2.05) is 6.07 Å². The molecule has 29 heavy (non-hydrogen) atoms. The molecule has 0 bridgehead atoms. The Morgan fingerprint density at radius 3 is 2.76 bits per heavy atom. The van der Waals surface area contributed by atoms with Crippen LogP contribution >= 0.6 is 0 Å². The van der Waals surface area contributed by atoms with Crippen LogP contribution in [0.5, 0.6) is 0 Å². The lowest BCUT2D eigenvalue weighted by Crippen LogP contribution is -2.33. The number of halogens is 1. The second-order valence-corrected chi connectivity index (χ2v) is 7.11. The predicted octanol–water partition coefficient (Wildman–Crippen LogP) is 2.78. The fraction of sp³-hybridized carbons (Fsp3) is 0.286. The summed E-state index contributed by atoms with van der Waals surface area (Å²) in [6.45, 7) is 3.38. The van der Waals surface area contributed by atoms with Gasteiger partial charge in [-0.15, -0.1) is 0 Å². The van der Waals surface area contributed by atoms with Crippen molar-refractivity contribution in [2.45, 2.75) is 12.8 Å².